The van der Waals surface area contributed by atoms with Gasteiger partial charge in [-0.1, -0.05) is 20.8 Å². The van der Waals surface area contributed by atoms with E-state index in [0.717, 1.165) is 55.9 Å². The van der Waals surface area contributed by atoms with Gasteiger partial charge in [-0.05, 0) is 87.7 Å². The zero-order chi connectivity index (χ0) is 22.0. The van der Waals surface area contributed by atoms with Crippen LogP contribution in [0, 0.1) is 11.3 Å². The number of carbonyl (C=O) groups excluding carboxylic acids is 1. The molecule has 3 fully saturated rings. The minimum absolute atomic E-state index is 0.0113. The minimum Gasteiger partial charge on any atom is -0.325 e. The molecular formula is C24H35N3O3S. The lowest BCUT2D eigenvalue weighted by Crippen LogP contribution is -2.53. The molecule has 2 unspecified atom stereocenters. The summed E-state index contributed by atoms with van der Waals surface area (Å²) in [6.07, 6.45) is 6.93. The van der Waals surface area contributed by atoms with Crippen molar-refractivity contribution in [2.24, 2.45) is 11.3 Å². The molecule has 4 heterocycles. The zero-order valence-electron chi connectivity index (χ0n) is 18.9. The Balaban J connectivity index is 1.37. The van der Waals surface area contributed by atoms with Crippen molar-refractivity contribution in [2.75, 3.05) is 18.4 Å². The number of hydrogen-bond donors (Lipinski definition) is 1. The molecule has 170 valence electrons. The van der Waals surface area contributed by atoms with Gasteiger partial charge in [0.25, 0.3) is 0 Å². The van der Waals surface area contributed by atoms with Gasteiger partial charge in [-0.2, -0.15) is 4.31 Å². The summed E-state index contributed by atoms with van der Waals surface area (Å²) >= 11 is 0. The highest BCUT2D eigenvalue weighted by Gasteiger charge is 2.48. The highest BCUT2D eigenvalue weighted by molar-refractivity contribution is 7.89. The van der Waals surface area contributed by atoms with E-state index in [1.165, 1.54) is 12.8 Å². The molecule has 7 heteroatoms. The molecule has 31 heavy (non-hydrogen) atoms. The first-order valence-electron chi connectivity index (χ1n) is 11.9. The van der Waals surface area contributed by atoms with Gasteiger partial charge in [0.2, 0.25) is 15.9 Å². The lowest BCUT2D eigenvalue weighted by Gasteiger charge is -2.44. The molecule has 0 radical (unpaired) electrons. The van der Waals surface area contributed by atoms with Crippen LogP contribution in [0.1, 0.15) is 64.9 Å². The topological polar surface area (TPSA) is 69.7 Å². The van der Waals surface area contributed by atoms with E-state index < -0.39 is 15.4 Å². The first kappa shape index (κ1) is 21.4. The number of piperidine rings is 2. The van der Waals surface area contributed by atoms with Crippen LogP contribution >= 0.6 is 0 Å². The number of hydrogen-bond acceptors (Lipinski definition) is 4. The molecule has 4 aliphatic heterocycles. The number of anilines is 1. The summed E-state index contributed by atoms with van der Waals surface area (Å²) in [5.74, 6) is 0.801. The van der Waals surface area contributed by atoms with Crippen LogP contribution in [0.3, 0.4) is 0 Å². The van der Waals surface area contributed by atoms with Crippen molar-refractivity contribution in [2.45, 2.75) is 88.7 Å². The van der Waals surface area contributed by atoms with Crippen LogP contribution in [0.5, 0.6) is 0 Å². The third kappa shape index (κ3) is 3.72. The molecule has 6 nitrogen and oxygen atoms in total. The predicted octanol–water partition coefficient (Wildman–Crippen LogP) is 3.62. The molecule has 0 saturated carbocycles. The summed E-state index contributed by atoms with van der Waals surface area (Å²) in [5, 5.41) is 2.93. The number of benzene rings is 1. The van der Waals surface area contributed by atoms with E-state index in [4.69, 9.17) is 0 Å². The summed E-state index contributed by atoms with van der Waals surface area (Å²) in [4.78, 5) is 15.2. The van der Waals surface area contributed by atoms with Crippen LogP contribution in [0.4, 0.5) is 5.69 Å². The van der Waals surface area contributed by atoms with Crippen molar-refractivity contribution in [3.05, 3.63) is 23.8 Å². The van der Waals surface area contributed by atoms with Crippen molar-refractivity contribution in [3.8, 4) is 0 Å². The fourth-order valence-electron chi connectivity index (χ4n) is 6.16. The van der Waals surface area contributed by atoms with Crippen LogP contribution in [-0.2, 0) is 21.2 Å². The molecular weight excluding hydrogens is 410 g/mol. The van der Waals surface area contributed by atoms with E-state index in [1.54, 1.807) is 18.2 Å². The molecule has 0 aliphatic carbocycles. The average molecular weight is 446 g/mol. The van der Waals surface area contributed by atoms with Gasteiger partial charge < -0.3 is 10.2 Å². The molecule has 0 spiro atoms. The number of nitrogens with one attached hydrogen (secondary N) is 1. The number of fused-ring (bicyclic) bond motifs is 3. The molecule has 1 N–H and O–H groups in total. The first-order chi connectivity index (χ1) is 14.6. The second-order valence-electron chi connectivity index (χ2n) is 10.9. The van der Waals surface area contributed by atoms with Crippen molar-refractivity contribution in [3.63, 3.8) is 0 Å². The third-order valence-electron chi connectivity index (χ3n) is 8.12. The van der Waals surface area contributed by atoms with Gasteiger partial charge in [0, 0.05) is 29.2 Å². The Hall–Kier alpha value is -1.44. The first-order valence-corrected chi connectivity index (χ1v) is 13.3. The molecule has 1 aromatic carbocycles. The standard InChI is InChI=1S/C24H35N3O3S/c1-16-8-10-26(11-9-16)20-13-18-4-5-19(14-20)27(18)31(29,30)21-6-7-22-17(12-21)15-24(2,3)23(28)25-22/h6-7,12,16,18-20H,4-5,8-11,13-15H2,1-3H3,(H,25,28). The summed E-state index contributed by atoms with van der Waals surface area (Å²) in [6.45, 7) is 8.45. The Morgan fingerprint density at radius 1 is 1.00 bits per heavy atom. The Kier molecular flexibility index (Phi) is 5.22. The highest BCUT2D eigenvalue weighted by atomic mass is 32.2. The Morgan fingerprint density at radius 3 is 2.29 bits per heavy atom. The smallest absolute Gasteiger partial charge is 0.243 e. The van der Waals surface area contributed by atoms with Crippen molar-refractivity contribution in [1.29, 1.82) is 0 Å². The van der Waals surface area contributed by atoms with Gasteiger partial charge in [-0.25, -0.2) is 8.42 Å². The quantitative estimate of drug-likeness (QED) is 0.771. The van der Waals surface area contributed by atoms with Crippen molar-refractivity contribution < 1.29 is 13.2 Å². The molecule has 2 bridgehead atoms. The van der Waals surface area contributed by atoms with Gasteiger partial charge in [0.1, 0.15) is 0 Å². The lowest BCUT2D eigenvalue weighted by atomic mass is 9.81. The van der Waals surface area contributed by atoms with Crippen molar-refractivity contribution >= 4 is 21.6 Å². The maximum Gasteiger partial charge on any atom is 0.243 e. The third-order valence-corrected chi connectivity index (χ3v) is 10.1. The number of likely N-dealkylation sites (tertiary alicyclic amines) is 1. The largest absolute Gasteiger partial charge is 0.325 e. The van der Waals surface area contributed by atoms with Gasteiger partial charge in [-0.15, -0.1) is 0 Å². The van der Waals surface area contributed by atoms with Gasteiger partial charge in [0.05, 0.1) is 4.90 Å². The van der Waals surface area contributed by atoms with Crippen LogP contribution in [0.2, 0.25) is 0 Å². The number of nitrogens with zero attached hydrogens (tertiary/aromatic N) is 2. The zero-order valence-corrected chi connectivity index (χ0v) is 19.7. The summed E-state index contributed by atoms with van der Waals surface area (Å²) < 4.78 is 29.3. The normalized spacial score (nSPS) is 32.0. The number of amides is 1. The maximum atomic E-state index is 13.7. The highest BCUT2D eigenvalue weighted by Crippen LogP contribution is 2.43. The van der Waals surface area contributed by atoms with Gasteiger partial charge in [-0.3, -0.25) is 4.79 Å². The maximum absolute atomic E-state index is 13.7. The summed E-state index contributed by atoms with van der Waals surface area (Å²) in [5.41, 5.74) is 1.12. The van der Waals surface area contributed by atoms with Crippen LogP contribution in [0.25, 0.3) is 0 Å². The van der Waals surface area contributed by atoms with E-state index in [0.29, 0.717) is 17.4 Å². The van der Waals surface area contributed by atoms with E-state index >= 15 is 0 Å². The molecule has 0 aromatic heterocycles. The molecule has 3 saturated heterocycles. The minimum atomic E-state index is -3.54. The fraction of sp³-hybridized carbons (Fsp3) is 0.708. The Morgan fingerprint density at radius 2 is 1.65 bits per heavy atom. The van der Waals surface area contributed by atoms with E-state index in [-0.39, 0.29) is 18.0 Å². The summed E-state index contributed by atoms with van der Waals surface area (Å²) in [7, 11) is -3.54. The van der Waals surface area contributed by atoms with Crippen LogP contribution in [-0.4, -0.2) is 54.7 Å². The molecule has 5 rings (SSSR count). The van der Waals surface area contributed by atoms with E-state index in [9.17, 15) is 13.2 Å². The molecule has 1 amide bonds. The number of sulfonamides is 1. The summed E-state index contributed by atoms with van der Waals surface area (Å²) in [6, 6.07) is 5.98. The molecule has 4 aliphatic rings. The van der Waals surface area contributed by atoms with E-state index in [1.807, 2.05) is 18.2 Å². The van der Waals surface area contributed by atoms with E-state index in [2.05, 4.69) is 17.1 Å². The van der Waals surface area contributed by atoms with Gasteiger partial charge in [0.15, 0.2) is 0 Å². The fourth-order valence-corrected chi connectivity index (χ4v) is 8.10. The average Bonchev–Trinajstić information content (AvgIpc) is 3.00. The van der Waals surface area contributed by atoms with Crippen LogP contribution < -0.4 is 5.32 Å². The van der Waals surface area contributed by atoms with Gasteiger partial charge >= 0.3 is 0 Å². The second kappa shape index (κ2) is 7.56. The number of rotatable bonds is 3. The second-order valence-corrected chi connectivity index (χ2v) is 12.7. The van der Waals surface area contributed by atoms with Crippen molar-refractivity contribution in [1.82, 2.24) is 9.21 Å². The predicted molar refractivity (Wildman–Crippen MR) is 121 cm³/mol. The van der Waals surface area contributed by atoms with Crippen LogP contribution in [0.15, 0.2) is 23.1 Å². The number of carbonyl (C=O) groups is 1. The molecule has 1 aromatic rings. The Labute approximate surface area is 186 Å². The molecule has 2 atom stereocenters. The Bertz CT molecular complexity index is 968. The monoisotopic (exact) mass is 445 g/mol. The lowest BCUT2D eigenvalue weighted by molar-refractivity contribution is -0.124. The SMILES string of the molecule is CC1CCN(C2CC3CCC(C2)N3S(=O)(=O)c2ccc3c(c2)CC(C)(C)C(=O)N3)CC1.